The number of nitrogens with zero attached hydrogens (tertiary/aromatic N) is 1. The van der Waals surface area contributed by atoms with E-state index in [1.807, 2.05) is 0 Å². The van der Waals surface area contributed by atoms with Crippen molar-refractivity contribution in [3.63, 3.8) is 0 Å². The smallest absolute Gasteiger partial charge is 0.327 e. The Balaban J connectivity index is 2.50. The summed E-state index contributed by atoms with van der Waals surface area (Å²) in [7, 11) is -3.99. The number of carbonyl (C=O) groups excluding carboxylic acids is 1. The number of carbonyl (C=O) groups is 1. The van der Waals surface area contributed by atoms with E-state index in [0.29, 0.717) is 4.47 Å². The van der Waals surface area contributed by atoms with Gasteiger partial charge in [0, 0.05) is 4.47 Å². The highest BCUT2D eigenvalue weighted by Crippen LogP contribution is 2.32. The fourth-order valence-electron chi connectivity index (χ4n) is 2.12. The summed E-state index contributed by atoms with van der Waals surface area (Å²) in [5.41, 5.74) is 0.203. The molecule has 2 aromatic carbocycles. The van der Waals surface area contributed by atoms with Gasteiger partial charge in [-0.25, -0.2) is 8.42 Å². The topological polar surface area (TPSA) is 63.7 Å². The second-order valence-electron chi connectivity index (χ2n) is 5.46. The maximum absolute atomic E-state index is 13.0. The van der Waals surface area contributed by atoms with Crippen LogP contribution in [-0.4, -0.2) is 27.0 Å². The number of benzene rings is 2. The van der Waals surface area contributed by atoms with Crippen molar-refractivity contribution in [1.29, 1.82) is 0 Å². The van der Waals surface area contributed by atoms with Gasteiger partial charge in [0.2, 0.25) is 0 Å². The van der Waals surface area contributed by atoms with E-state index in [1.54, 1.807) is 44.2 Å². The number of anilines is 1. The summed E-state index contributed by atoms with van der Waals surface area (Å²) in [5.74, 6) is -0.659. The Morgan fingerprint density at radius 2 is 1.84 bits per heavy atom. The molecule has 134 valence electrons. The van der Waals surface area contributed by atoms with Crippen molar-refractivity contribution in [3.05, 3.63) is 58.0 Å². The van der Waals surface area contributed by atoms with E-state index in [0.717, 1.165) is 4.31 Å². The maximum Gasteiger partial charge on any atom is 0.327 e. The lowest BCUT2D eigenvalue weighted by Gasteiger charge is -2.25. The molecule has 0 N–H and O–H groups in total. The molecular weight excluding hydrogens is 430 g/mol. The van der Waals surface area contributed by atoms with E-state index >= 15 is 0 Å². The second-order valence-corrected chi connectivity index (χ2v) is 8.64. The minimum Gasteiger partial charge on any atom is -0.462 e. The van der Waals surface area contributed by atoms with Gasteiger partial charge in [-0.3, -0.25) is 9.10 Å². The van der Waals surface area contributed by atoms with Gasteiger partial charge in [0.15, 0.2) is 0 Å². The number of hydrogen-bond donors (Lipinski definition) is 0. The predicted molar refractivity (Wildman–Crippen MR) is 101 cm³/mol. The van der Waals surface area contributed by atoms with Crippen LogP contribution in [0.5, 0.6) is 0 Å². The Morgan fingerprint density at radius 3 is 2.40 bits per heavy atom. The second kappa shape index (κ2) is 8.21. The minimum atomic E-state index is -3.99. The molecule has 2 rings (SSSR count). The van der Waals surface area contributed by atoms with Crippen LogP contribution < -0.4 is 4.31 Å². The SMILES string of the molecule is CC(C)OC(=O)CN(c1ccc(Br)cc1Cl)S(=O)(=O)c1ccccc1. The van der Waals surface area contributed by atoms with Crippen LogP contribution in [-0.2, 0) is 19.6 Å². The summed E-state index contributed by atoms with van der Waals surface area (Å²) in [6.07, 6.45) is -0.353. The highest BCUT2D eigenvalue weighted by molar-refractivity contribution is 9.10. The first-order valence-corrected chi connectivity index (χ1v) is 10.0. The molecule has 0 aliphatic heterocycles. The third-order valence-electron chi connectivity index (χ3n) is 3.15. The molecule has 0 spiro atoms. The van der Waals surface area contributed by atoms with Crippen LogP contribution in [0.2, 0.25) is 5.02 Å². The van der Waals surface area contributed by atoms with Crippen LogP contribution in [0.1, 0.15) is 13.8 Å². The molecule has 0 saturated carbocycles. The molecule has 8 heteroatoms. The van der Waals surface area contributed by atoms with Crippen LogP contribution in [0.3, 0.4) is 0 Å². The maximum atomic E-state index is 13.0. The Hall–Kier alpha value is -1.57. The molecule has 0 fully saturated rings. The molecule has 0 aliphatic carbocycles. The molecule has 2 aromatic rings. The first-order chi connectivity index (χ1) is 11.7. The van der Waals surface area contributed by atoms with Crippen molar-refractivity contribution in [1.82, 2.24) is 0 Å². The summed E-state index contributed by atoms with van der Waals surface area (Å²) in [6, 6.07) is 12.6. The third-order valence-corrected chi connectivity index (χ3v) is 5.72. The van der Waals surface area contributed by atoms with Crippen molar-refractivity contribution >= 4 is 49.2 Å². The molecule has 0 bridgehead atoms. The van der Waals surface area contributed by atoms with E-state index in [1.165, 1.54) is 18.2 Å². The molecule has 25 heavy (non-hydrogen) atoms. The Kier molecular flexibility index (Phi) is 6.48. The quantitative estimate of drug-likeness (QED) is 0.622. The van der Waals surface area contributed by atoms with E-state index in [9.17, 15) is 13.2 Å². The molecule has 0 radical (unpaired) electrons. The van der Waals surface area contributed by atoms with Gasteiger partial charge in [-0.05, 0) is 44.2 Å². The summed E-state index contributed by atoms with van der Waals surface area (Å²) in [5, 5.41) is 0.200. The lowest BCUT2D eigenvalue weighted by molar-refractivity contribution is -0.145. The molecule has 0 unspecified atom stereocenters. The first-order valence-electron chi connectivity index (χ1n) is 7.44. The van der Waals surface area contributed by atoms with Crippen molar-refractivity contribution in [2.24, 2.45) is 0 Å². The summed E-state index contributed by atoms with van der Waals surface area (Å²) < 4.78 is 32.8. The van der Waals surface area contributed by atoms with Crippen LogP contribution in [0.15, 0.2) is 57.9 Å². The number of hydrogen-bond acceptors (Lipinski definition) is 4. The molecule has 5 nitrogen and oxygen atoms in total. The summed E-state index contributed by atoms with van der Waals surface area (Å²) in [4.78, 5) is 12.2. The Morgan fingerprint density at radius 1 is 1.20 bits per heavy atom. The zero-order chi connectivity index (χ0) is 18.6. The van der Waals surface area contributed by atoms with Crippen LogP contribution in [0, 0.1) is 0 Å². The van der Waals surface area contributed by atoms with Crippen molar-refractivity contribution in [2.75, 3.05) is 10.8 Å². The van der Waals surface area contributed by atoms with Gasteiger partial charge in [-0.2, -0.15) is 0 Å². The zero-order valence-corrected chi connectivity index (χ0v) is 16.8. The fraction of sp³-hybridized carbons (Fsp3) is 0.235. The zero-order valence-electron chi connectivity index (χ0n) is 13.6. The van der Waals surface area contributed by atoms with Gasteiger partial charge < -0.3 is 4.74 Å². The van der Waals surface area contributed by atoms with E-state index < -0.39 is 22.5 Å². The summed E-state index contributed by atoms with van der Waals surface area (Å²) in [6.45, 7) is 2.91. The van der Waals surface area contributed by atoms with Crippen molar-refractivity contribution in [3.8, 4) is 0 Å². The standard InChI is InChI=1S/C17H17BrClNO4S/c1-12(2)24-17(21)11-20(16-9-8-13(18)10-15(16)19)25(22,23)14-6-4-3-5-7-14/h3-10,12H,11H2,1-2H3. The number of halogens is 2. The lowest BCUT2D eigenvalue weighted by Crippen LogP contribution is -2.37. The molecule has 0 aliphatic rings. The molecule has 0 amide bonds. The van der Waals surface area contributed by atoms with Crippen LogP contribution >= 0.6 is 27.5 Å². The first kappa shape index (κ1) is 19.8. The van der Waals surface area contributed by atoms with Gasteiger partial charge in [0.05, 0.1) is 21.7 Å². The normalized spacial score (nSPS) is 11.4. The molecule has 0 saturated heterocycles. The molecular formula is C17H17BrClNO4S. The number of ether oxygens (including phenoxy) is 1. The highest BCUT2D eigenvalue weighted by atomic mass is 79.9. The molecule has 0 atom stereocenters. The van der Waals surface area contributed by atoms with E-state index in [-0.39, 0.29) is 21.7 Å². The minimum absolute atomic E-state index is 0.0614. The van der Waals surface area contributed by atoms with Gasteiger partial charge in [0.25, 0.3) is 10.0 Å². The average molecular weight is 447 g/mol. The molecule has 0 heterocycles. The van der Waals surface area contributed by atoms with Crippen molar-refractivity contribution < 1.29 is 17.9 Å². The highest BCUT2D eigenvalue weighted by Gasteiger charge is 2.29. The number of rotatable bonds is 6. The number of esters is 1. The fourth-order valence-corrected chi connectivity index (χ4v) is 4.39. The van der Waals surface area contributed by atoms with Crippen LogP contribution in [0.4, 0.5) is 5.69 Å². The predicted octanol–water partition coefficient (Wildman–Crippen LogP) is 4.25. The van der Waals surface area contributed by atoms with E-state index in [2.05, 4.69) is 15.9 Å². The van der Waals surface area contributed by atoms with Crippen LogP contribution in [0.25, 0.3) is 0 Å². The third kappa shape index (κ3) is 4.96. The van der Waals surface area contributed by atoms with Gasteiger partial charge >= 0.3 is 5.97 Å². The monoisotopic (exact) mass is 445 g/mol. The van der Waals surface area contributed by atoms with E-state index in [4.69, 9.17) is 16.3 Å². The van der Waals surface area contributed by atoms with Crippen molar-refractivity contribution in [2.45, 2.75) is 24.8 Å². The molecule has 0 aromatic heterocycles. The Bertz CT molecular complexity index is 856. The Labute approximate surface area is 160 Å². The number of sulfonamides is 1. The van der Waals surface area contributed by atoms with Gasteiger partial charge in [-0.15, -0.1) is 0 Å². The summed E-state index contributed by atoms with van der Waals surface area (Å²) >= 11 is 9.50. The average Bonchev–Trinajstić information content (AvgIpc) is 2.53. The lowest BCUT2D eigenvalue weighted by atomic mass is 10.3. The van der Waals surface area contributed by atoms with Gasteiger partial charge in [-0.1, -0.05) is 45.7 Å². The van der Waals surface area contributed by atoms with Gasteiger partial charge in [0.1, 0.15) is 6.54 Å². The largest absolute Gasteiger partial charge is 0.462 e.